The summed E-state index contributed by atoms with van der Waals surface area (Å²) in [5.41, 5.74) is 2.33. The van der Waals surface area contributed by atoms with Crippen molar-refractivity contribution in [3.63, 3.8) is 0 Å². The number of rotatable bonds is 7. The highest BCUT2D eigenvalue weighted by molar-refractivity contribution is 6.29. The summed E-state index contributed by atoms with van der Waals surface area (Å²) in [4.78, 5) is 26.5. The normalized spacial score (nSPS) is 17.4. The van der Waals surface area contributed by atoms with Gasteiger partial charge in [-0.25, -0.2) is 4.68 Å². The molecular formula is C22H29ClN4O2. The maximum Gasteiger partial charge on any atom is 0.267 e. The number of benzene rings is 1. The quantitative estimate of drug-likeness (QED) is 0.753. The lowest BCUT2D eigenvalue weighted by atomic mass is 10.0. The summed E-state index contributed by atoms with van der Waals surface area (Å²) < 4.78 is 1.09. The van der Waals surface area contributed by atoms with Gasteiger partial charge in [0.25, 0.3) is 5.56 Å². The van der Waals surface area contributed by atoms with Gasteiger partial charge in [-0.15, -0.1) is 0 Å². The summed E-state index contributed by atoms with van der Waals surface area (Å²) in [6.07, 6.45) is 3.07. The number of nitrogens with one attached hydrogen (secondary N) is 1. The van der Waals surface area contributed by atoms with E-state index in [2.05, 4.69) is 53.4 Å². The molecule has 1 atom stereocenters. The Hall–Kier alpha value is -2.18. The molecule has 0 spiro atoms. The fourth-order valence-electron chi connectivity index (χ4n) is 3.77. The summed E-state index contributed by atoms with van der Waals surface area (Å²) in [5.74, 6) is 0.442. The van der Waals surface area contributed by atoms with Gasteiger partial charge in [-0.2, -0.15) is 5.10 Å². The van der Waals surface area contributed by atoms with Crippen LogP contribution in [0.4, 0.5) is 0 Å². The minimum absolute atomic E-state index is 0.0753. The highest BCUT2D eigenvalue weighted by Gasteiger charge is 2.22. The summed E-state index contributed by atoms with van der Waals surface area (Å²) >= 11 is 5.81. The topological polar surface area (TPSA) is 67.2 Å². The van der Waals surface area contributed by atoms with E-state index in [1.165, 1.54) is 23.3 Å². The molecule has 1 aromatic heterocycles. The number of hydrogen-bond donors (Lipinski definition) is 1. The lowest BCUT2D eigenvalue weighted by Crippen LogP contribution is -2.48. The van der Waals surface area contributed by atoms with E-state index in [1.807, 2.05) is 0 Å². The lowest BCUT2D eigenvalue weighted by molar-refractivity contribution is -0.123. The van der Waals surface area contributed by atoms with Crippen LogP contribution in [0.1, 0.15) is 37.8 Å². The Balaban J connectivity index is 1.51. The van der Waals surface area contributed by atoms with E-state index in [-0.39, 0.29) is 29.2 Å². The van der Waals surface area contributed by atoms with E-state index < -0.39 is 0 Å². The molecule has 1 aliphatic heterocycles. The third kappa shape index (κ3) is 6.68. The van der Waals surface area contributed by atoms with Crippen LogP contribution in [-0.2, 0) is 24.3 Å². The maximum atomic E-state index is 12.4. The third-order valence-corrected chi connectivity index (χ3v) is 5.27. The number of piperidine rings is 1. The van der Waals surface area contributed by atoms with Crippen molar-refractivity contribution in [1.29, 1.82) is 0 Å². The lowest BCUT2D eigenvalue weighted by Gasteiger charge is -2.33. The number of aromatic nitrogens is 2. The van der Waals surface area contributed by atoms with E-state index >= 15 is 0 Å². The molecule has 156 valence electrons. The highest BCUT2D eigenvalue weighted by atomic mass is 35.5. The number of hydrogen-bond acceptors (Lipinski definition) is 4. The van der Waals surface area contributed by atoms with E-state index in [0.717, 1.165) is 43.6 Å². The molecule has 0 bridgehead atoms. The molecule has 2 heterocycles. The summed E-state index contributed by atoms with van der Waals surface area (Å²) in [7, 11) is 0. The number of nitrogens with zero attached hydrogens (tertiary/aromatic N) is 3. The maximum absolute atomic E-state index is 12.4. The van der Waals surface area contributed by atoms with Gasteiger partial charge in [-0.3, -0.25) is 14.5 Å². The molecule has 1 aliphatic rings. The molecule has 29 heavy (non-hydrogen) atoms. The summed E-state index contributed by atoms with van der Waals surface area (Å²) in [6.45, 7) is 7.05. The molecule has 7 heteroatoms. The summed E-state index contributed by atoms with van der Waals surface area (Å²) in [5, 5.41) is 7.13. The van der Waals surface area contributed by atoms with Gasteiger partial charge >= 0.3 is 0 Å². The van der Waals surface area contributed by atoms with Crippen molar-refractivity contribution < 1.29 is 4.79 Å². The van der Waals surface area contributed by atoms with E-state index in [9.17, 15) is 9.59 Å². The second kappa shape index (κ2) is 10.0. The molecule has 0 radical (unpaired) electrons. The predicted octanol–water partition coefficient (Wildman–Crippen LogP) is 2.88. The first-order valence-corrected chi connectivity index (χ1v) is 10.6. The molecular weight excluding hydrogens is 388 g/mol. The van der Waals surface area contributed by atoms with Crippen molar-refractivity contribution in [3.05, 3.63) is 63.0 Å². The largest absolute Gasteiger partial charge is 0.350 e. The van der Waals surface area contributed by atoms with Gasteiger partial charge in [0.05, 0.1) is 0 Å². The fraction of sp³-hybridized carbons (Fsp3) is 0.500. The zero-order valence-corrected chi connectivity index (χ0v) is 17.9. The van der Waals surface area contributed by atoms with Gasteiger partial charge in [0, 0.05) is 25.2 Å². The number of carbonyl (C=O) groups excluding carboxylic acids is 1. The van der Waals surface area contributed by atoms with Crippen LogP contribution in [0.2, 0.25) is 5.15 Å². The van der Waals surface area contributed by atoms with Crippen molar-refractivity contribution >= 4 is 17.5 Å². The first-order chi connectivity index (χ1) is 13.9. The van der Waals surface area contributed by atoms with Crippen LogP contribution in [0.25, 0.3) is 0 Å². The SMILES string of the molecule is CC(C)Cc1ccc(CN2CCCC(NC(=O)Cn3nc(Cl)ccc3=O)C2)cc1. The zero-order valence-electron chi connectivity index (χ0n) is 17.1. The van der Waals surface area contributed by atoms with Gasteiger partial charge < -0.3 is 5.32 Å². The fourth-order valence-corrected chi connectivity index (χ4v) is 3.93. The van der Waals surface area contributed by atoms with Crippen molar-refractivity contribution in [2.24, 2.45) is 5.92 Å². The molecule has 3 rings (SSSR count). The van der Waals surface area contributed by atoms with Crippen LogP contribution in [0.3, 0.4) is 0 Å². The van der Waals surface area contributed by atoms with Crippen LogP contribution in [0.15, 0.2) is 41.2 Å². The van der Waals surface area contributed by atoms with Crippen molar-refractivity contribution in [2.75, 3.05) is 13.1 Å². The minimum atomic E-state index is -0.337. The van der Waals surface area contributed by atoms with Gasteiger partial charge in [0.15, 0.2) is 0 Å². The Morgan fingerprint density at radius 1 is 1.21 bits per heavy atom. The van der Waals surface area contributed by atoms with Crippen LogP contribution in [0, 0.1) is 5.92 Å². The van der Waals surface area contributed by atoms with Gasteiger partial charge in [0.1, 0.15) is 11.7 Å². The van der Waals surface area contributed by atoms with Crippen LogP contribution < -0.4 is 10.9 Å². The van der Waals surface area contributed by atoms with Crippen molar-refractivity contribution in [3.8, 4) is 0 Å². The van der Waals surface area contributed by atoms with Crippen LogP contribution in [-0.4, -0.2) is 39.7 Å². The molecule has 1 fully saturated rings. The van der Waals surface area contributed by atoms with Crippen molar-refractivity contribution in [2.45, 2.75) is 52.2 Å². The van der Waals surface area contributed by atoms with Gasteiger partial charge in [-0.05, 0) is 48.9 Å². The summed E-state index contributed by atoms with van der Waals surface area (Å²) in [6, 6.07) is 11.7. The first kappa shape index (κ1) is 21.5. The van der Waals surface area contributed by atoms with E-state index in [1.54, 1.807) is 0 Å². The number of halogens is 1. The van der Waals surface area contributed by atoms with E-state index in [4.69, 9.17) is 11.6 Å². The van der Waals surface area contributed by atoms with Gasteiger partial charge in [-0.1, -0.05) is 49.7 Å². The molecule has 1 unspecified atom stereocenters. The van der Waals surface area contributed by atoms with Gasteiger partial charge in [0.2, 0.25) is 5.91 Å². The average molecular weight is 417 g/mol. The Morgan fingerprint density at radius 3 is 2.66 bits per heavy atom. The second-order valence-electron chi connectivity index (χ2n) is 8.21. The molecule has 1 saturated heterocycles. The number of amides is 1. The van der Waals surface area contributed by atoms with Crippen LogP contribution >= 0.6 is 11.6 Å². The average Bonchev–Trinajstić information content (AvgIpc) is 2.66. The first-order valence-electron chi connectivity index (χ1n) is 10.2. The minimum Gasteiger partial charge on any atom is -0.350 e. The molecule has 1 aromatic carbocycles. The van der Waals surface area contributed by atoms with E-state index in [0.29, 0.717) is 5.92 Å². The molecule has 6 nitrogen and oxygen atoms in total. The molecule has 2 aromatic rings. The molecule has 0 aliphatic carbocycles. The second-order valence-corrected chi connectivity index (χ2v) is 8.60. The highest BCUT2D eigenvalue weighted by Crippen LogP contribution is 2.16. The number of carbonyl (C=O) groups is 1. The number of likely N-dealkylation sites (tertiary alicyclic amines) is 1. The Bertz CT molecular complexity index is 879. The molecule has 1 amide bonds. The Morgan fingerprint density at radius 2 is 1.93 bits per heavy atom. The predicted molar refractivity (Wildman–Crippen MR) is 115 cm³/mol. The zero-order chi connectivity index (χ0) is 20.8. The smallest absolute Gasteiger partial charge is 0.267 e. The monoisotopic (exact) mass is 416 g/mol. The van der Waals surface area contributed by atoms with Crippen LogP contribution in [0.5, 0.6) is 0 Å². The van der Waals surface area contributed by atoms with Crippen molar-refractivity contribution in [1.82, 2.24) is 20.0 Å². The standard InChI is InChI=1S/C22H29ClN4O2/c1-16(2)12-17-5-7-18(8-6-17)13-26-11-3-4-19(14-26)24-21(28)15-27-22(29)10-9-20(23)25-27/h5-10,16,19H,3-4,11-15H2,1-2H3,(H,24,28). The Kier molecular flexibility index (Phi) is 7.45. The molecule has 1 N–H and O–H groups in total. The molecule has 0 saturated carbocycles. The third-order valence-electron chi connectivity index (χ3n) is 5.07. The Labute approximate surface area is 176 Å².